The lowest BCUT2D eigenvalue weighted by atomic mass is 9.92. The highest BCUT2D eigenvalue weighted by Crippen LogP contribution is 2.38. The summed E-state index contributed by atoms with van der Waals surface area (Å²) in [5.74, 6) is 1.99. The van der Waals surface area contributed by atoms with Crippen molar-refractivity contribution in [2.45, 2.75) is 58.0 Å². The molecule has 1 aromatic rings. The molecule has 1 aliphatic carbocycles. The summed E-state index contributed by atoms with van der Waals surface area (Å²) >= 11 is 0. The zero-order valence-electron chi connectivity index (χ0n) is 12.5. The maximum Gasteiger partial charge on any atom is 0.147 e. The van der Waals surface area contributed by atoms with Gasteiger partial charge >= 0.3 is 0 Å². The average Bonchev–Trinajstić information content (AvgIpc) is 2.96. The molecule has 2 aliphatic rings. The predicted molar refractivity (Wildman–Crippen MR) is 81.7 cm³/mol. The summed E-state index contributed by atoms with van der Waals surface area (Å²) in [6, 6.07) is 0.719. The van der Waals surface area contributed by atoms with Crippen LogP contribution in [0.2, 0.25) is 0 Å². The lowest BCUT2D eigenvalue weighted by Gasteiger charge is -2.38. The van der Waals surface area contributed by atoms with Crippen LogP contribution in [-0.2, 0) is 6.54 Å². The second-order valence-corrected chi connectivity index (χ2v) is 6.14. The van der Waals surface area contributed by atoms with E-state index in [1.165, 1.54) is 32.1 Å². The van der Waals surface area contributed by atoms with Gasteiger partial charge in [-0.25, -0.2) is 4.98 Å². The number of fused-ring (bicyclic) bond motifs is 1. The van der Waals surface area contributed by atoms with Gasteiger partial charge in [0.1, 0.15) is 5.82 Å². The molecule has 2 atom stereocenters. The molecule has 3 rings (SSSR count). The molecule has 1 saturated carbocycles. The van der Waals surface area contributed by atoms with Crippen LogP contribution in [0.5, 0.6) is 0 Å². The van der Waals surface area contributed by atoms with E-state index in [4.69, 9.17) is 4.98 Å². The summed E-state index contributed by atoms with van der Waals surface area (Å²) in [4.78, 5) is 11.8. The van der Waals surface area contributed by atoms with Gasteiger partial charge in [-0.05, 0) is 44.6 Å². The average molecular weight is 274 g/mol. The molecule has 20 heavy (non-hydrogen) atoms. The Kier molecular flexibility index (Phi) is 4.51. The molecule has 1 aliphatic heterocycles. The van der Waals surface area contributed by atoms with E-state index >= 15 is 0 Å². The third-order valence-electron chi connectivity index (χ3n) is 4.69. The number of hydrogen-bond donors (Lipinski definition) is 1. The maximum absolute atomic E-state index is 4.83. The van der Waals surface area contributed by atoms with E-state index in [2.05, 4.69) is 22.1 Å². The first-order valence-corrected chi connectivity index (χ1v) is 8.16. The Balaban J connectivity index is 1.70. The Bertz CT molecular complexity index is 434. The summed E-state index contributed by atoms with van der Waals surface area (Å²) in [5.41, 5.74) is 1.07. The molecular weight excluding hydrogens is 248 g/mol. The van der Waals surface area contributed by atoms with Gasteiger partial charge in [0.2, 0.25) is 0 Å². The Labute approximate surface area is 122 Å². The van der Waals surface area contributed by atoms with Crippen molar-refractivity contribution in [2.75, 3.05) is 18.0 Å². The van der Waals surface area contributed by atoms with Crippen LogP contribution in [0.3, 0.4) is 0 Å². The fourth-order valence-corrected chi connectivity index (χ4v) is 3.75. The number of anilines is 1. The summed E-state index contributed by atoms with van der Waals surface area (Å²) < 4.78 is 0. The lowest BCUT2D eigenvalue weighted by molar-refractivity contribution is 0.360. The van der Waals surface area contributed by atoms with E-state index in [1.54, 1.807) is 0 Å². The molecule has 1 N–H and O–H groups in total. The molecule has 2 fully saturated rings. The van der Waals surface area contributed by atoms with Crippen LogP contribution in [0.25, 0.3) is 0 Å². The van der Waals surface area contributed by atoms with Crippen LogP contribution >= 0.6 is 0 Å². The monoisotopic (exact) mass is 274 g/mol. The van der Waals surface area contributed by atoms with Gasteiger partial charge in [-0.15, -0.1) is 0 Å². The van der Waals surface area contributed by atoms with Gasteiger partial charge in [-0.3, -0.25) is 4.98 Å². The minimum Gasteiger partial charge on any atom is -0.352 e. The van der Waals surface area contributed by atoms with E-state index < -0.39 is 0 Å². The van der Waals surface area contributed by atoms with Crippen molar-refractivity contribution in [1.29, 1.82) is 0 Å². The van der Waals surface area contributed by atoms with Crippen LogP contribution in [-0.4, -0.2) is 29.1 Å². The zero-order chi connectivity index (χ0) is 13.8. The van der Waals surface area contributed by atoms with Crippen molar-refractivity contribution in [1.82, 2.24) is 15.3 Å². The summed E-state index contributed by atoms with van der Waals surface area (Å²) in [5, 5.41) is 3.41. The van der Waals surface area contributed by atoms with E-state index in [0.29, 0.717) is 0 Å². The zero-order valence-corrected chi connectivity index (χ0v) is 12.5. The minimum atomic E-state index is 0.719. The Morgan fingerprint density at radius 2 is 2.15 bits per heavy atom. The first kappa shape index (κ1) is 13.8. The normalized spacial score (nSPS) is 25.8. The fraction of sp³-hybridized carbons (Fsp3) is 0.750. The molecule has 110 valence electrons. The van der Waals surface area contributed by atoms with Crippen LogP contribution in [0.4, 0.5) is 5.82 Å². The van der Waals surface area contributed by atoms with Crippen LogP contribution in [0.15, 0.2) is 12.4 Å². The van der Waals surface area contributed by atoms with E-state index in [9.17, 15) is 0 Å². The predicted octanol–water partition coefficient (Wildman–Crippen LogP) is 2.75. The fourth-order valence-electron chi connectivity index (χ4n) is 3.75. The molecule has 4 heteroatoms. The summed E-state index contributed by atoms with van der Waals surface area (Å²) in [7, 11) is 0. The minimum absolute atomic E-state index is 0.719. The van der Waals surface area contributed by atoms with E-state index in [1.807, 2.05) is 12.4 Å². The summed E-state index contributed by atoms with van der Waals surface area (Å²) in [6.07, 6.45) is 11.8. The van der Waals surface area contributed by atoms with Gasteiger partial charge in [-0.2, -0.15) is 0 Å². The van der Waals surface area contributed by atoms with Crippen molar-refractivity contribution < 1.29 is 0 Å². The molecule has 1 saturated heterocycles. The standard InChI is InChI=1S/C16H26N4/c1-2-8-17-10-14-11-18-12-16(19-14)20-9-4-6-13-5-3-7-15(13)20/h11-13,15,17H,2-10H2,1H3. The molecule has 0 aromatic carbocycles. The molecule has 0 amide bonds. The Morgan fingerprint density at radius 1 is 1.25 bits per heavy atom. The molecular formula is C16H26N4. The summed E-state index contributed by atoms with van der Waals surface area (Å²) in [6.45, 7) is 5.21. The van der Waals surface area contributed by atoms with Crippen LogP contribution in [0, 0.1) is 5.92 Å². The van der Waals surface area contributed by atoms with Gasteiger partial charge in [-0.1, -0.05) is 13.3 Å². The molecule has 2 heterocycles. The van der Waals surface area contributed by atoms with Gasteiger partial charge in [0.05, 0.1) is 11.9 Å². The van der Waals surface area contributed by atoms with Crippen molar-refractivity contribution in [2.24, 2.45) is 5.92 Å². The molecule has 1 aromatic heterocycles. The van der Waals surface area contributed by atoms with E-state index in [-0.39, 0.29) is 0 Å². The van der Waals surface area contributed by atoms with Crippen molar-refractivity contribution in [3.63, 3.8) is 0 Å². The van der Waals surface area contributed by atoms with Gasteiger partial charge < -0.3 is 10.2 Å². The molecule has 2 unspecified atom stereocenters. The maximum atomic E-state index is 4.83. The largest absolute Gasteiger partial charge is 0.352 e. The number of nitrogens with one attached hydrogen (secondary N) is 1. The Morgan fingerprint density at radius 3 is 3.05 bits per heavy atom. The quantitative estimate of drug-likeness (QED) is 0.838. The number of hydrogen-bond acceptors (Lipinski definition) is 4. The number of nitrogens with zero attached hydrogens (tertiary/aromatic N) is 3. The molecule has 0 bridgehead atoms. The van der Waals surface area contributed by atoms with Gasteiger partial charge in [0.15, 0.2) is 0 Å². The van der Waals surface area contributed by atoms with E-state index in [0.717, 1.165) is 49.5 Å². The van der Waals surface area contributed by atoms with Gasteiger partial charge in [0.25, 0.3) is 0 Å². The van der Waals surface area contributed by atoms with Crippen molar-refractivity contribution in [3.8, 4) is 0 Å². The van der Waals surface area contributed by atoms with Crippen LogP contribution in [0.1, 0.15) is 51.1 Å². The highest BCUT2D eigenvalue weighted by molar-refractivity contribution is 5.39. The number of piperidine rings is 1. The second-order valence-electron chi connectivity index (χ2n) is 6.14. The molecule has 0 radical (unpaired) electrons. The SMILES string of the molecule is CCCNCc1cncc(N2CCCC3CCCC32)n1. The van der Waals surface area contributed by atoms with Crippen molar-refractivity contribution >= 4 is 5.82 Å². The molecule has 0 spiro atoms. The number of rotatable bonds is 5. The highest BCUT2D eigenvalue weighted by Gasteiger charge is 2.35. The second kappa shape index (κ2) is 6.53. The third-order valence-corrected chi connectivity index (χ3v) is 4.69. The van der Waals surface area contributed by atoms with Crippen molar-refractivity contribution in [3.05, 3.63) is 18.1 Å². The highest BCUT2D eigenvalue weighted by atomic mass is 15.2. The first-order chi connectivity index (χ1) is 9.88. The lowest BCUT2D eigenvalue weighted by Crippen LogP contribution is -2.43. The molecule has 4 nitrogen and oxygen atoms in total. The smallest absolute Gasteiger partial charge is 0.147 e. The van der Waals surface area contributed by atoms with Gasteiger partial charge in [0, 0.05) is 25.3 Å². The van der Waals surface area contributed by atoms with Crippen LogP contribution < -0.4 is 10.2 Å². The Hall–Kier alpha value is -1.16. The first-order valence-electron chi connectivity index (χ1n) is 8.16. The number of aromatic nitrogens is 2. The topological polar surface area (TPSA) is 41.1 Å². The third kappa shape index (κ3) is 2.95.